The molecule has 8 heteroatoms. The Morgan fingerprint density at radius 3 is 2.33 bits per heavy atom. The van der Waals surface area contributed by atoms with Crippen molar-refractivity contribution in [3.63, 3.8) is 0 Å². The third-order valence-electron chi connectivity index (χ3n) is 6.97. The van der Waals surface area contributed by atoms with Gasteiger partial charge in [0.15, 0.2) is 0 Å². The predicted octanol–water partition coefficient (Wildman–Crippen LogP) is 6.74. The number of nitrogens with one attached hydrogen (secondary N) is 1. The molecule has 5 rings (SSSR count). The Kier molecular flexibility index (Phi) is 8.01. The fourth-order valence-corrected chi connectivity index (χ4v) is 4.80. The van der Waals surface area contributed by atoms with Crippen molar-refractivity contribution >= 4 is 17.4 Å². The molecule has 2 heterocycles. The molecule has 1 aliphatic heterocycles. The number of amides is 2. The number of nitrogens with zero attached hydrogens (tertiary/aromatic N) is 3. The molecule has 0 aliphatic carbocycles. The molecule has 1 aliphatic rings. The molecule has 39 heavy (non-hydrogen) atoms. The maximum atomic E-state index is 13.6. The summed E-state index contributed by atoms with van der Waals surface area (Å²) in [5.41, 5.74) is 3.75. The van der Waals surface area contributed by atoms with Crippen LogP contribution in [0.1, 0.15) is 18.4 Å². The van der Waals surface area contributed by atoms with Gasteiger partial charge in [0.1, 0.15) is 18.2 Å². The van der Waals surface area contributed by atoms with E-state index < -0.39 is 11.6 Å². The second-order valence-corrected chi connectivity index (χ2v) is 9.60. The zero-order chi connectivity index (χ0) is 27.2. The van der Waals surface area contributed by atoms with E-state index in [1.807, 2.05) is 42.5 Å². The van der Waals surface area contributed by atoms with Crippen LogP contribution in [0.5, 0.6) is 5.88 Å². The first kappa shape index (κ1) is 26.2. The highest BCUT2D eigenvalue weighted by atomic mass is 19.1. The third kappa shape index (κ3) is 6.52. The maximum Gasteiger partial charge on any atom is 0.321 e. The van der Waals surface area contributed by atoms with E-state index in [0.29, 0.717) is 29.3 Å². The Balaban J connectivity index is 1.15. The number of urea groups is 1. The van der Waals surface area contributed by atoms with E-state index in [2.05, 4.69) is 15.2 Å². The van der Waals surface area contributed by atoms with Crippen molar-refractivity contribution in [3.05, 3.63) is 108 Å². The molecule has 0 unspecified atom stereocenters. The molecule has 1 aromatic heterocycles. The molecule has 3 aromatic carbocycles. The Hall–Kier alpha value is -4.46. The smallest absolute Gasteiger partial charge is 0.321 e. The van der Waals surface area contributed by atoms with Crippen LogP contribution >= 0.6 is 0 Å². The van der Waals surface area contributed by atoms with Gasteiger partial charge in [0, 0.05) is 44.1 Å². The summed E-state index contributed by atoms with van der Waals surface area (Å²) >= 11 is 0. The Labute approximate surface area is 226 Å². The summed E-state index contributed by atoms with van der Waals surface area (Å²) in [6.07, 6.45) is 3.35. The van der Waals surface area contributed by atoms with Crippen LogP contribution in [0.2, 0.25) is 0 Å². The second-order valence-electron chi connectivity index (χ2n) is 9.60. The van der Waals surface area contributed by atoms with Crippen LogP contribution < -0.4 is 15.0 Å². The molecular formula is C31H30F2N4O2. The van der Waals surface area contributed by atoms with Gasteiger partial charge in [-0.25, -0.2) is 18.6 Å². The summed E-state index contributed by atoms with van der Waals surface area (Å²) in [4.78, 5) is 21.4. The quantitative estimate of drug-likeness (QED) is 0.289. The molecule has 6 nitrogen and oxygen atoms in total. The molecule has 0 spiro atoms. The zero-order valence-corrected chi connectivity index (χ0v) is 21.7. The van der Waals surface area contributed by atoms with E-state index in [1.54, 1.807) is 42.4 Å². The summed E-state index contributed by atoms with van der Waals surface area (Å²) < 4.78 is 33.1. The highest BCUT2D eigenvalue weighted by Gasteiger charge is 2.27. The van der Waals surface area contributed by atoms with Gasteiger partial charge in [-0.2, -0.15) is 0 Å². The fraction of sp³-hybridized carbons (Fsp3) is 0.226. The standard InChI is InChI=1S/C31H30F2N4O2/c1-36(31(38)35-27-11-9-23(10-12-27)24-18-25(32)20-26(33)19-24)28-13-16-37(17-14-28)29-8-5-15-34-30(29)39-21-22-6-3-2-4-7-22/h2-12,15,18-20,28H,13-14,16-17,21H2,1H3,(H,35,38). The van der Waals surface area contributed by atoms with Crippen molar-refractivity contribution in [2.75, 3.05) is 30.4 Å². The van der Waals surface area contributed by atoms with Crippen molar-refractivity contribution in [1.29, 1.82) is 0 Å². The van der Waals surface area contributed by atoms with Crippen LogP contribution in [-0.2, 0) is 6.61 Å². The van der Waals surface area contributed by atoms with Gasteiger partial charge in [-0.05, 0) is 65.9 Å². The number of hydrogen-bond donors (Lipinski definition) is 1. The van der Waals surface area contributed by atoms with E-state index in [0.717, 1.165) is 43.2 Å². The summed E-state index contributed by atoms with van der Waals surface area (Å²) in [6, 6.07) is 24.1. The fourth-order valence-electron chi connectivity index (χ4n) is 4.80. The van der Waals surface area contributed by atoms with Gasteiger partial charge >= 0.3 is 6.03 Å². The van der Waals surface area contributed by atoms with E-state index >= 15 is 0 Å². The van der Waals surface area contributed by atoms with Gasteiger partial charge in [0.05, 0.1) is 5.69 Å². The van der Waals surface area contributed by atoms with Crippen LogP contribution in [0, 0.1) is 11.6 Å². The Bertz CT molecular complexity index is 1390. The van der Waals surface area contributed by atoms with E-state index in [4.69, 9.17) is 4.74 Å². The lowest BCUT2D eigenvalue weighted by Crippen LogP contribution is -2.47. The van der Waals surface area contributed by atoms with Crippen LogP contribution in [0.25, 0.3) is 11.1 Å². The highest BCUT2D eigenvalue weighted by molar-refractivity contribution is 5.89. The molecular weight excluding hydrogens is 498 g/mol. The molecule has 0 atom stereocenters. The highest BCUT2D eigenvalue weighted by Crippen LogP contribution is 2.30. The number of benzene rings is 3. The van der Waals surface area contributed by atoms with E-state index in [9.17, 15) is 13.6 Å². The maximum absolute atomic E-state index is 13.6. The molecule has 0 radical (unpaired) electrons. The number of ether oxygens (including phenoxy) is 1. The van der Waals surface area contributed by atoms with Gasteiger partial charge in [0.25, 0.3) is 0 Å². The molecule has 0 bridgehead atoms. The minimum atomic E-state index is -0.630. The molecule has 4 aromatic rings. The normalized spacial score (nSPS) is 13.7. The monoisotopic (exact) mass is 528 g/mol. The second kappa shape index (κ2) is 11.9. The van der Waals surface area contributed by atoms with Crippen molar-refractivity contribution in [3.8, 4) is 17.0 Å². The van der Waals surface area contributed by atoms with Crippen LogP contribution in [-0.4, -0.2) is 42.1 Å². The average Bonchev–Trinajstić information content (AvgIpc) is 2.96. The van der Waals surface area contributed by atoms with Gasteiger partial charge in [-0.3, -0.25) is 0 Å². The topological polar surface area (TPSA) is 57.7 Å². The lowest BCUT2D eigenvalue weighted by Gasteiger charge is -2.38. The summed E-state index contributed by atoms with van der Waals surface area (Å²) in [7, 11) is 1.80. The first-order chi connectivity index (χ1) is 19.0. The van der Waals surface area contributed by atoms with Gasteiger partial charge < -0.3 is 19.9 Å². The summed E-state index contributed by atoms with van der Waals surface area (Å²) in [5.74, 6) is -0.653. The van der Waals surface area contributed by atoms with Crippen LogP contribution in [0.15, 0.2) is 91.1 Å². The molecule has 1 saturated heterocycles. The van der Waals surface area contributed by atoms with Crippen molar-refractivity contribution in [2.24, 2.45) is 0 Å². The number of carbonyl (C=O) groups is 1. The summed E-state index contributed by atoms with van der Waals surface area (Å²) in [6.45, 7) is 1.99. The average molecular weight is 529 g/mol. The van der Waals surface area contributed by atoms with Crippen LogP contribution in [0.3, 0.4) is 0 Å². The van der Waals surface area contributed by atoms with Crippen molar-refractivity contribution < 1.29 is 18.3 Å². The molecule has 1 fully saturated rings. The largest absolute Gasteiger partial charge is 0.471 e. The first-order valence-corrected chi connectivity index (χ1v) is 12.9. The Morgan fingerprint density at radius 1 is 0.949 bits per heavy atom. The van der Waals surface area contributed by atoms with Crippen molar-refractivity contribution in [1.82, 2.24) is 9.88 Å². The number of hydrogen-bond acceptors (Lipinski definition) is 4. The molecule has 200 valence electrons. The lowest BCUT2D eigenvalue weighted by molar-refractivity contribution is 0.192. The first-order valence-electron chi connectivity index (χ1n) is 12.9. The number of pyridine rings is 1. The van der Waals surface area contributed by atoms with Crippen LogP contribution in [0.4, 0.5) is 25.0 Å². The number of rotatable bonds is 7. The number of anilines is 2. The van der Waals surface area contributed by atoms with Gasteiger partial charge in [-0.15, -0.1) is 0 Å². The number of piperidine rings is 1. The number of carbonyl (C=O) groups excluding carboxylic acids is 1. The van der Waals surface area contributed by atoms with E-state index in [1.165, 1.54) is 12.1 Å². The molecule has 1 N–H and O–H groups in total. The molecule has 2 amide bonds. The Morgan fingerprint density at radius 2 is 1.64 bits per heavy atom. The van der Waals surface area contributed by atoms with Gasteiger partial charge in [-0.1, -0.05) is 42.5 Å². The third-order valence-corrected chi connectivity index (χ3v) is 6.97. The summed E-state index contributed by atoms with van der Waals surface area (Å²) in [5, 5.41) is 2.92. The number of halogens is 2. The van der Waals surface area contributed by atoms with E-state index in [-0.39, 0.29) is 12.1 Å². The van der Waals surface area contributed by atoms with Gasteiger partial charge in [0.2, 0.25) is 5.88 Å². The van der Waals surface area contributed by atoms with Crippen molar-refractivity contribution in [2.45, 2.75) is 25.5 Å². The lowest BCUT2D eigenvalue weighted by atomic mass is 10.0. The molecule has 0 saturated carbocycles. The SMILES string of the molecule is CN(C(=O)Nc1ccc(-c2cc(F)cc(F)c2)cc1)C1CCN(c2cccnc2OCc2ccccc2)CC1. The minimum Gasteiger partial charge on any atom is -0.471 e. The minimum absolute atomic E-state index is 0.0844. The number of aromatic nitrogens is 1. The predicted molar refractivity (Wildman–Crippen MR) is 149 cm³/mol. The zero-order valence-electron chi connectivity index (χ0n) is 21.7.